The topological polar surface area (TPSA) is 112 Å². The number of fused-ring (bicyclic) bond motifs is 3. The van der Waals surface area contributed by atoms with Gasteiger partial charge in [0, 0.05) is 42.7 Å². The van der Waals surface area contributed by atoms with Gasteiger partial charge >= 0.3 is 12.1 Å². The van der Waals surface area contributed by atoms with Gasteiger partial charge in [0.2, 0.25) is 11.8 Å². The lowest BCUT2D eigenvalue weighted by Gasteiger charge is -2.38. The van der Waals surface area contributed by atoms with Crippen LogP contribution in [0.15, 0.2) is 79.0 Å². The Bertz CT molecular complexity index is 1840. The fourth-order valence-electron chi connectivity index (χ4n) is 6.78. The third kappa shape index (κ3) is 6.93. The standard InChI is InChI=1S/C38H42N4O6/c1-38(2,3)48-37(46)42-32-16-10-7-12-26(32)20-33(42)36(45)40(18-17-27-22-39-31-15-9-8-14-30(27)31)24-34(43)41-23-28-13-6-5-11-25(28)19-29(41)21-35(44)47-4/h5-16,22,29,33,39H,17-21,23-24H2,1-4H3/t29-,33-/m1/s1. The van der Waals surface area contributed by atoms with Crippen molar-refractivity contribution in [2.45, 2.75) is 70.7 Å². The molecule has 3 amide bonds. The van der Waals surface area contributed by atoms with Crippen LogP contribution < -0.4 is 4.90 Å². The highest BCUT2D eigenvalue weighted by molar-refractivity contribution is 6.01. The molecule has 2 atom stereocenters. The molecule has 0 saturated heterocycles. The minimum absolute atomic E-state index is 0.0458. The summed E-state index contributed by atoms with van der Waals surface area (Å²) in [5, 5.41) is 1.05. The van der Waals surface area contributed by atoms with Crippen LogP contribution in [0.4, 0.5) is 10.5 Å². The van der Waals surface area contributed by atoms with Crippen molar-refractivity contribution in [1.29, 1.82) is 0 Å². The van der Waals surface area contributed by atoms with Crippen LogP contribution in [-0.4, -0.2) is 76.5 Å². The summed E-state index contributed by atoms with van der Waals surface area (Å²) in [6, 6.07) is 22.0. The quantitative estimate of drug-likeness (QED) is 0.255. The summed E-state index contributed by atoms with van der Waals surface area (Å²) in [7, 11) is 1.34. The second kappa shape index (κ2) is 13.5. The van der Waals surface area contributed by atoms with E-state index in [1.807, 2.05) is 79.0 Å². The van der Waals surface area contributed by atoms with Gasteiger partial charge < -0.3 is 24.3 Å². The van der Waals surface area contributed by atoms with E-state index in [1.165, 1.54) is 12.0 Å². The molecule has 0 bridgehead atoms. The summed E-state index contributed by atoms with van der Waals surface area (Å²) in [6.45, 7) is 5.72. The molecule has 4 aromatic rings. The van der Waals surface area contributed by atoms with Crippen molar-refractivity contribution in [1.82, 2.24) is 14.8 Å². The van der Waals surface area contributed by atoms with Crippen molar-refractivity contribution in [2.75, 3.05) is 25.1 Å². The first-order chi connectivity index (χ1) is 23.0. The molecule has 0 aliphatic carbocycles. The number of nitrogens with zero attached hydrogens (tertiary/aromatic N) is 3. The fraction of sp³-hybridized carbons (Fsp3) is 0.368. The Kier molecular flexibility index (Phi) is 9.26. The van der Waals surface area contributed by atoms with E-state index in [1.54, 1.807) is 30.6 Å². The van der Waals surface area contributed by atoms with Crippen LogP contribution in [0.1, 0.15) is 49.4 Å². The molecule has 0 fully saturated rings. The predicted octanol–water partition coefficient (Wildman–Crippen LogP) is 5.42. The lowest BCUT2D eigenvalue weighted by Crippen LogP contribution is -2.55. The second-order valence-electron chi connectivity index (χ2n) is 13.5. The Morgan fingerprint density at radius 2 is 1.58 bits per heavy atom. The van der Waals surface area contributed by atoms with Gasteiger partial charge in [-0.2, -0.15) is 0 Å². The second-order valence-corrected chi connectivity index (χ2v) is 13.5. The Balaban J connectivity index is 1.31. The summed E-state index contributed by atoms with van der Waals surface area (Å²) >= 11 is 0. The number of benzene rings is 3. The zero-order chi connectivity index (χ0) is 34.0. The number of esters is 1. The first-order valence-corrected chi connectivity index (χ1v) is 16.4. The van der Waals surface area contributed by atoms with Gasteiger partial charge in [-0.05, 0) is 68.0 Å². The third-order valence-electron chi connectivity index (χ3n) is 9.12. The zero-order valence-corrected chi connectivity index (χ0v) is 27.9. The average molecular weight is 651 g/mol. The first-order valence-electron chi connectivity index (χ1n) is 16.4. The molecule has 48 heavy (non-hydrogen) atoms. The molecule has 1 aromatic heterocycles. The van der Waals surface area contributed by atoms with Crippen LogP contribution in [-0.2, 0) is 49.7 Å². The van der Waals surface area contributed by atoms with Crippen molar-refractivity contribution in [2.24, 2.45) is 0 Å². The van der Waals surface area contributed by atoms with Crippen molar-refractivity contribution in [3.63, 3.8) is 0 Å². The number of amides is 3. The number of anilines is 1. The van der Waals surface area contributed by atoms with Gasteiger partial charge in [0.15, 0.2) is 0 Å². The Morgan fingerprint density at radius 1 is 0.896 bits per heavy atom. The molecule has 10 nitrogen and oxygen atoms in total. The van der Waals surface area contributed by atoms with Gasteiger partial charge in [0.25, 0.3) is 0 Å². The number of H-pyrrole nitrogens is 1. The fourth-order valence-corrected chi connectivity index (χ4v) is 6.78. The van der Waals surface area contributed by atoms with Crippen LogP contribution >= 0.6 is 0 Å². The number of hydrogen-bond acceptors (Lipinski definition) is 6. The molecule has 0 radical (unpaired) electrons. The number of hydrogen-bond donors (Lipinski definition) is 1. The number of ether oxygens (including phenoxy) is 2. The Hall–Kier alpha value is -5.12. The number of nitrogens with one attached hydrogen (secondary N) is 1. The third-order valence-corrected chi connectivity index (χ3v) is 9.12. The highest BCUT2D eigenvalue weighted by Crippen LogP contribution is 2.35. The number of rotatable bonds is 8. The molecule has 0 saturated carbocycles. The lowest BCUT2D eigenvalue weighted by atomic mass is 9.92. The van der Waals surface area contributed by atoms with Crippen LogP contribution in [0, 0.1) is 0 Å². The van der Waals surface area contributed by atoms with E-state index in [2.05, 4.69) is 4.98 Å². The molecule has 10 heteroatoms. The summed E-state index contributed by atoms with van der Waals surface area (Å²) < 4.78 is 10.7. The molecule has 250 valence electrons. The smallest absolute Gasteiger partial charge is 0.415 e. The Morgan fingerprint density at radius 3 is 2.33 bits per heavy atom. The van der Waals surface area contributed by atoms with Gasteiger partial charge in [-0.1, -0.05) is 60.7 Å². The number of para-hydroxylation sites is 2. The predicted molar refractivity (Wildman–Crippen MR) is 182 cm³/mol. The van der Waals surface area contributed by atoms with Gasteiger partial charge in [-0.15, -0.1) is 0 Å². The Labute approximate surface area is 280 Å². The van der Waals surface area contributed by atoms with Crippen molar-refractivity contribution >= 4 is 40.5 Å². The molecular weight excluding hydrogens is 608 g/mol. The maximum absolute atomic E-state index is 14.7. The van der Waals surface area contributed by atoms with Crippen molar-refractivity contribution in [3.8, 4) is 0 Å². The lowest BCUT2D eigenvalue weighted by molar-refractivity contribution is -0.147. The summed E-state index contributed by atoms with van der Waals surface area (Å²) in [6.07, 6.45) is 2.66. The average Bonchev–Trinajstić information content (AvgIpc) is 3.67. The molecule has 6 rings (SSSR count). The van der Waals surface area contributed by atoms with E-state index in [4.69, 9.17) is 9.47 Å². The largest absolute Gasteiger partial charge is 0.469 e. The molecule has 2 aliphatic heterocycles. The van der Waals surface area contributed by atoms with E-state index in [0.29, 0.717) is 31.5 Å². The minimum atomic E-state index is -0.888. The molecule has 0 unspecified atom stereocenters. The number of aromatic amines is 1. The highest BCUT2D eigenvalue weighted by Gasteiger charge is 2.43. The molecular formula is C38H42N4O6. The van der Waals surface area contributed by atoms with Crippen molar-refractivity contribution in [3.05, 3.63) is 101 Å². The van der Waals surface area contributed by atoms with E-state index >= 15 is 0 Å². The molecule has 3 aromatic carbocycles. The number of carbonyl (C=O) groups excluding carboxylic acids is 4. The highest BCUT2D eigenvalue weighted by atomic mass is 16.6. The van der Waals surface area contributed by atoms with Gasteiger partial charge in [-0.25, -0.2) is 4.79 Å². The maximum atomic E-state index is 14.7. The first kappa shape index (κ1) is 32.8. The number of carbonyl (C=O) groups is 4. The minimum Gasteiger partial charge on any atom is -0.469 e. The summed E-state index contributed by atoms with van der Waals surface area (Å²) in [5.41, 5.74) is 4.80. The summed E-state index contributed by atoms with van der Waals surface area (Å²) in [4.78, 5) is 63.0. The van der Waals surface area contributed by atoms with Crippen LogP contribution in [0.25, 0.3) is 10.9 Å². The van der Waals surface area contributed by atoms with Gasteiger partial charge in [-0.3, -0.25) is 19.3 Å². The van der Waals surface area contributed by atoms with Crippen LogP contribution in [0.3, 0.4) is 0 Å². The maximum Gasteiger partial charge on any atom is 0.415 e. The van der Waals surface area contributed by atoms with Crippen molar-refractivity contribution < 1.29 is 28.7 Å². The van der Waals surface area contributed by atoms with Crippen LogP contribution in [0.5, 0.6) is 0 Å². The normalized spacial score (nSPS) is 17.1. The monoisotopic (exact) mass is 650 g/mol. The molecule has 0 spiro atoms. The van der Waals surface area contributed by atoms with Gasteiger partial charge in [0.05, 0.1) is 25.8 Å². The van der Waals surface area contributed by atoms with E-state index < -0.39 is 29.7 Å². The molecule has 3 heterocycles. The van der Waals surface area contributed by atoms with E-state index in [-0.39, 0.29) is 31.3 Å². The molecule has 1 N–H and O–H groups in total. The molecule has 2 aliphatic rings. The van der Waals surface area contributed by atoms with E-state index in [0.717, 1.165) is 33.2 Å². The van der Waals surface area contributed by atoms with E-state index in [9.17, 15) is 19.2 Å². The SMILES string of the molecule is COC(=O)C[C@H]1Cc2ccccc2CN1C(=O)CN(CCc1c[nH]c2ccccc12)C(=O)[C@H]1Cc2ccccc2N1C(=O)OC(C)(C)C. The van der Waals surface area contributed by atoms with Gasteiger partial charge in [0.1, 0.15) is 11.6 Å². The van der Waals surface area contributed by atoms with Crippen LogP contribution in [0.2, 0.25) is 0 Å². The number of methoxy groups -OCH3 is 1. The zero-order valence-electron chi connectivity index (χ0n) is 27.9. The summed E-state index contributed by atoms with van der Waals surface area (Å²) in [5.74, 6) is -1.02. The number of aromatic nitrogens is 1.